The summed E-state index contributed by atoms with van der Waals surface area (Å²) < 4.78 is 0. The van der Waals surface area contributed by atoms with Gasteiger partial charge in [0.1, 0.15) is 0 Å². The Morgan fingerprint density at radius 2 is 2.25 bits per heavy atom. The van der Waals surface area contributed by atoms with Crippen LogP contribution in [-0.2, 0) is 0 Å². The number of nitrogens with one attached hydrogen (secondary N) is 1. The van der Waals surface area contributed by atoms with Crippen molar-refractivity contribution < 1.29 is 0 Å². The summed E-state index contributed by atoms with van der Waals surface area (Å²) in [6, 6.07) is 9.35. The molecule has 1 unspecified atom stereocenters. The molecule has 0 saturated carbocycles. The number of hydrogen-bond donors (Lipinski definition) is 1. The van der Waals surface area contributed by atoms with Crippen LogP contribution in [0, 0.1) is 0 Å². The maximum atomic E-state index is 3.56. The lowest BCUT2D eigenvalue weighted by Crippen LogP contribution is -2.50. The van der Waals surface area contributed by atoms with E-state index in [2.05, 4.69) is 47.7 Å². The van der Waals surface area contributed by atoms with Crippen LogP contribution in [0.25, 0.3) is 0 Å². The second-order valence-corrected chi connectivity index (χ2v) is 5.03. The monoisotopic (exact) mass is 236 g/mol. The Balaban J connectivity index is 2.16. The lowest BCUT2D eigenvalue weighted by Gasteiger charge is -2.35. The molecule has 1 N–H and O–H groups in total. The molecule has 2 nitrogen and oxygen atoms in total. The number of para-hydroxylation sites is 1. The summed E-state index contributed by atoms with van der Waals surface area (Å²) in [6.07, 6.45) is 3.36. The van der Waals surface area contributed by atoms with Gasteiger partial charge in [-0.05, 0) is 24.8 Å². The first kappa shape index (κ1) is 11.8. The maximum absolute atomic E-state index is 3.56. The van der Waals surface area contributed by atoms with E-state index < -0.39 is 0 Å². The number of nitrogens with zero attached hydrogens (tertiary/aromatic N) is 1. The van der Waals surface area contributed by atoms with Gasteiger partial charge in [-0.25, -0.2) is 0 Å². The second kappa shape index (κ2) is 5.60. The fraction of sp³-hybridized carbons (Fsp3) is 0.538. The SMILES string of the molecule is CCC1CN(c2ccccc2SC)CCN1. The van der Waals surface area contributed by atoms with Crippen LogP contribution in [0.4, 0.5) is 5.69 Å². The topological polar surface area (TPSA) is 15.3 Å². The van der Waals surface area contributed by atoms with E-state index in [0.717, 1.165) is 19.6 Å². The van der Waals surface area contributed by atoms with E-state index >= 15 is 0 Å². The van der Waals surface area contributed by atoms with Crippen LogP contribution in [0.5, 0.6) is 0 Å². The molecular weight excluding hydrogens is 216 g/mol. The summed E-state index contributed by atoms with van der Waals surface area (Å²) in [7, 11) is 0. The zero-order valence-corrected chi connectivity index (χ0v) is 10.9. The Morgan fingerprint density at radius 1 is 1.44 bits per heavy atom. The van der Waals surface area contributed by atoms with Gasteiger partial charge in [-0.2, -0.15) is 0 Å². The van der Waals surface area contributed by atoms with Crippen molar-refractivity contribution in [3.8, 4) is 0 Å². The summed E-state index contributed by atoms with van der Waals surface area (Å²) in [6.45, 7) is 5.60. The van der Waals surface area contributed by atoms with Crippen molar-refractivity contribution in [2.75, 3.05) is 30.8 Å². The van der Waals surface area contributed by atoms with Crippen molar-refractivity contribution in [1.29, 1.82) is 0 Å². The quantitative estimate of drug-likeness (QED) is 0.812. The average Bonchev–Trinajstić information content (AvgIpc) is 2.38. The maximum Gasteiger partial charge on any atom is 0.0505 e. The second-order valence-electron chi connectivity index (χ2n) is 4.18. The third kappa shape index (κ3) is 2.53. The summed E-state index contributed by atoms with van der Waals surface area (Å²) >= 11 is 1.84. The van der Waals surface area contributed by atoms with Gasteiger partial charge in [-0.3, -0.25) is 0 Å². The molecule has 0 aromatic heterocycles. The molecule has 2 rings (SSSR count). The molecule has 0 spiro atoms. The number of rotatable bonds is 3. The van der Waals surface area contributed by atoms with Crippen molar-refractivity contribution in [2.45, 2.75) is 24.3 Å². The molecule has 1 aromatic rings. The van der Waals surface area contributed by atoms with Gasteiger partial charge < -0.3 is 10.2 Å². The Bertz CT molecular complexity index is 340. The van der Waals surface area contributed by atoms with E-state index in [4.69, 9.17) is 0 Å². The first-order chi connectivity index (χ1) is 7.85. The van der Waals surface area contributed by atoms with Crippen molar-refractivity contribution in [2.24, 2.45) is 0 Å². The molecule has 1 fully saturated rings. The lowest BCUT2D eigenvalue weighted by atomic mass is 10.1. The molecule has 0 bridgehead atoms. The molecule has 88 valence electrons. The minimum atomic E-state index is 0.642. The normalized spacial score (nSPS) is 21.1. The first-order valence-electron chi connectivity index (χ1n) is 5.96. The highest BCUT2D eigenvalue weighted by Gasteiger charge is 2.19. The third-order valence-corrected chi connectivity index (χ3v) is 3.96. The molecule has 1 aliphatic rings. The van der Waals surface area contributed by atoms with Gasteiger partial charge in [-0.1, -0.05) is 19.1 Å². The van der Waals surface area contributed by atoms with Gasteiger partial charge in [0.05, 0.1) is 5.69 Å². The molecule has 3 heteroatoms. The van der Waals surface area contributed by atoms with E-state index in [0.29, 0.717) is 6.04 Å². The number of thioether (sulfide) groups is 1. The Hall–Kier alpha value is -0.670. The molecule has 0 radical (unpaired) electrons. The number of hydrogen-bond acceptors (Lipinski definition) is 3. The van der Waals surface area contributed by atoms with Gasteiger partial charge in [-0.15, -0.1) is 11.8 Å². The highest BCUT2D eigenvalue weighted by atomic mass is 32.2. The van der Waals surface area contributed by atoms with E-state index in [1.807, 2.05) is 11.8 Å². The minimum absolute atomic E-state index is 0.642. The summed E-state index contributed by atoms with van der Waals surface area (Å²) in [5, 5.41) is 3.56. The number of benzene rings is 1. The molecule has 1 saturated heterocycles. The number of piperazine rings is 1. The van der Waals surface area contributed by atoms with E-state index in [1.165, 1.54) is 17.0 Å². The summed E-state index contributed by atoms with van der Waals surface area (Å²) in [5.74, 6) is 0. The van der Waals surface area contributed by atoms with Gasteiger partial charge in [0.25, 0.3) is 0 Å². The van der Waals surface area contributed by atoms with Gasteiger partial charge in [0.2, 0.25) is 0 Å². The minimum Gasteiger partial charge on any atom is -0.368 e. The fourth-order valence-electron chi connectivity index (χ4n) is 2.21. The van der Waals surface area contributed by atoms with Gasteiger partial charge in [0, 0.05) is 30.6 Å². The first-order valence-corrected chi connectivity index (χ1v) is 7.19. The molecule has 0 aliphatic carbocycles. The highest BCUT2D eigenvalue weighted by molar-refractivity contribution is 7.98. The number of anilines is 1. The van der Waals surface area contributed by atoms with E-state index in [-0.39, 0.29) is 0 Å². The van der Waals surface area contributed by atoms with E-state index in [1.54, 1.807) is 0 Å². The van der Waals surface area contributed by atoms with Crippen LogP contribution >= 0.6 is 11.8 Å². The smallest absolute Gasteiger partial charge is 0.0505 e. The van der Waals surface area contributed by atoms with E-state index in [9.17, 15) is 0 Å². The highest BCUT2D eigenvalue weighted by Crippen LogP contribution is 2.29. The largest absolute Gasteiger partial charge is 0.368 e. The Morgan fingerprint density at radius 3 is 3.00 bits per heavy atom. The van der Waals surface area contributed by atoms with Crippen molar-refractivity contribution in [1.82, 2.24) is 5.32 Å². The molecule has 1 aliphatic heterocycles. The summed E-state index contributed by atoms with van der Waals surface area (Å²) in [5.41, 5.74) is 1.40. The predicted octanol–water partition coefficient (Wildman–Crippen LogP) is 2.60. The molecule has 1 atom stereocenters. The Kier molecular flexibility index (Phi) is 4.13. The zero-order chi connectivity index (χ0) is 11.4. The van der Waals surface area contributed by atoms with Crippen molar-refractivity contribution >= 4 is 17.4 Å². The summed E-state index contributed by atoms with van der Waals surface area (Å²) in [4.78, 5) is 3.90. The van der Waals surface area contributed by atoms with Crippen molar-refractivity contribution in [3.63, 3.8) is 0 Å². The lowest BCUT2D eigenvalue weighted by molar-refractivity contribution is 0.446. The van der Waals surface area contributed by atoms with Crippen molar-refractivity contribution in [3.05, 3.63) is 24.3 Å². The van der Waals surface area contributed by atoms with Crippen LogP contribution < -0.4 is 10.2 Å². The van der Waals surface area contributed by atoms with Crippen LogP contribution in [0.3, 0.4) is 0 Å². The molecule has 0 amide bonds. The fourth-order valence-corrected chi connectivity index (χ4v) is 2.83. The predicted molar refractivity (Wildman–Crippen MR) is 72.5 cm³/mol. The van der Waals surface area contributed by atoms with Crippen LogP contribution in [0.2, 0.25) is 0 Å². The van der Waals surface area contributed by atoms with Crippen LogP contribution in [0.1, 0.15) is 13.3 Å². The van der Waals surface area contributed by atoms with Crippen LogP contribution in [0.15, 0.2) is 29.2 Å². The molecule has 1 heterocycles. The molecule has 16 heavy (non-hydrogen) atoms. The van der Waals surface area contributed by atoms with Crippen LogP contribution in [-0.4, -0.2) is 31.9 Å². The van der Waals surface area contributed by atoms with Gasteiger partial charge in [0.15, 0.2) is 0 Å². The average molecular weight is 236 g/mol. The zero-order valence-electron chi connectivity index (χ0n) is 10.1. The standard InChI is InChI=1S/C13H20N2S/c1-3-11-10-15(9-8-14-11)12-6-4-5-7-13(12)16-2/h4-7,11,14H,3,8-10H2,1-2H3. The van der Waals surface area contributed by atoms with Gasteiger partial charge >= 0.3 is 0 Å². The molecule has 1 aromatic carbocycles. The Labute approximate surface area is 102 Å². The molecular formula is C13H20N2S. The third-order valence-electron chi connectivity index (χ3n) is 3.17.